The highest BCUT2D eigenvalue weighted by Crippen LogP contribution is 2.23. The monoisotopic (exact) mass is 478 g/mol. The zero-order valence-corrected chi connectivity index (χ0v) is 19.7. The normalized spacial score (nSPS) is 14.0. The summed E-state index contributed by atoms with van der Waals surface area (Å²) in [7, 11) is 0. The number of aryl methyl sites for hydroxylation is 1. The van der Waals surface area contributed by atoms with E-state index in [9.17, 15) is 14.4 Å². The van der Waals surface area contributed by atoms with Crippen LogP contribution in [0.25, 0.3) is 0 Å². The van der Waals surface area contributed by atoms with Crippen LogP contribution in [-0.4, -0.2) is 50.9 Å². The van der Waals surface area contributed by atoms with Crippen molar-refractivity contribution in [3.05, 3.63) is 69.9 Å². The van der Waals surface area contributed by atoms with E-state index < -0.39 is 5.91 Å². The lowest BCUT2D eigenvalue weighted by molar-refractivity contribution is -0.122. The predicted molar refractivity (Wildman–Crippen MR) is 128 cm³/mol. The summed E-state index contributed by atoms with van der Waals surface area (Å²) in [5, 5.41) is 13.8. The number of rotatable bonds is 7. The van der Waals surface area contributed by atoms with Crippen molar-refractivity contribution in [2.75, 3.05) is 18.4 Å². The molecule has 10 heteroatoms. The number of piperidine rings is 1. The molecule has 176 valence electrons. The summed E-state index contributed by atoms with van der Waals surface area (Å²) in [4.78, 5) is 43.4. The number of pyridine rings is 1. The maximum Gasteiger partial charge on any atom is 0.286 e. The Morgan fingerprint density at radius 3 is 2.47 bits per heavy atom. The van der Waals surface area contributed by atoms with Crippen LogP contribution in [0, 0.1) is 12.8 Å². The van der Waals surface area contributed by atoms with Crippen LogP contribution < -0.4 is 10.6 Å². The van der Waals surface area contributed by atoms with Gasteiger partial charge in [0.15, 0.2) is 0 Å². The minimum Gasteiger partial charge on any atom is -0.350 e. The summed E-state index contributed by atoms with van der Waals surface area (Å²) >= 11 is 0.986. The largest absolute Gasteiger partial charge is 0.350 e. The highest BCUT2D eigenvalue weighted by atomic mass is 32.1. The standard InChI is InChI=1S/C24H26N6O3S/c1-16-5-7-18(8-6-16)27-21(32)22-28-29-23(34-22)24(33)30-12-9-17(10-13-30)14-20(31)26-15-19-4-2-3-11-25-19/h2-8,11,17H,9-10,12-15H2,1H3,(H,26,31)(H,27,32). The molecule has 0 aliphatic carbocycles. The van der Waals surface area contributed by atoms with Gasteiger partial charge in [-0.25, -0.2) is 0 Å². The SMILES string of the molecule is Cc1ccc(NC(=O)c2nnc(C(=O)N3CCC(CC(=O)NCc4ccccn4)CC3)s2)cc1. The van der Waals surface area contributed by atoms with E-state index in [0.29, 0.717) is 31.7 Å². The van der Waals surface area contributed by atoms with Gasteiger partial charge in [0, 0.05) is 31.4 Å². The van der Waals surface area contributed by atoms with Gasteiger partial charge < -0.3 is 15.5 Å². The first-order valence-electron chi connectivity index (χ1n) is 11.2. The van der Waals surface area contributed by atoms with Crippen molar-refractivity contribution < 1.29 is 14.4 Å². The van der Waals surface area contributed by atoms with Gasteiger partial charge in [-0.05, 0) is 49.9 Å². The molecule has 34 heavy (non-hydrogen) atoms. The topological polar surface area (TPSA) is 117 Å². The molecule has 0 spiro atoms. The van der Waals surface area contributed by atoms with Gasteiger partial charge in [0.1, 0.15) is 0 Å². The fourth-order valence-electron chi connectivity index (χ4n) is 3.72. The van der Waals surface area contributed by atoms with E-state index in [4.69, 9.17) is 0 Å². The van der Waals surface area contributed by atoms with Crippen molar-refractivity contribution in [2.24, 2.45) is 5.92 Å². The molecule has 0 atom stereocenters. The lowest BCUT2D eigenvalue weighted by Gasteiger charge is -2.31. The van der Waals surface area contributed by atoms with Crippen LogP contribution in [0.5, 0.6) is 0 Å². The number of anilines is 1. The molecule has 0 radical (unpaired) electrons. The van der Waals surface area contributed by atoms with Crippen LogP contribution in [-0.2, 0) is 11.3 Å². The van der Waals surface area contributed by atoms with Crippen LogP contribution >= 0.6 is 11.3 Å². The molecular formula is C24H26N6O3S. The Bertz CT molecular complexity index is 1140. The van der Waals surface area contributed by atoms with Crippen LogP contribution in [0.3, 0.4) is 0 Å². The van der Waals surface area contributed by atoms with E-state index in [2.05, 4.69) is 25.8 Å². The Balaban J connectivity index is 1.23. The molecule has 0 bridgehead atoms. The first kappa shape index (κ1) is 23.5. The molecule has 2 aromatic heterocycles. The van der Waals surface area contributed by atoms with Crippen LogP contribution in [0.15, 0.2) is 48.7 Å². The van der Waals surface area contributed by atoms with Gasteiger partial charge in [-0.1, -0.05) is 35.1 Å². The Kier molecular flexibility index (Phi) is 7.58. The number of likely N-dealkylation sites (tertiary alicyclic amines) is 1. The number of nitrogens with one attached hydrogen (secondary N) is 2. The maximum absolute atomic E-state index is 12.8. The summed E-state index contributed by atoms with van der Waals surface area (Å²) < 4.78 is 0. The molecule has 1 aliphatic heterocycles. The minimum atomic E-state index is -0.393. The molecule has 1 aliphatic rings. The lowest BCUT2D eigenvalue weighted by atomic mass is 9.93. The van der Waals surface area contributed by atoms with Crippen LogP contribution in [0.1, 0.15) is 50.1 Å². The predicted octanol–water partition coefficient (Wildman–Crippen LogP) is 3.05. The number of carbonyl (C=O) groups is 3. The van der Waals surface area contributed by atoms with Gasteiger partial charge in [-0.2, -0.15) is 0 Å². The number of nitrogens with zero attached hydrogens (tertiary/aromatic N) is 4. The number of hydrogen-bond acceptors (Lipinski definition) is 7. The summed E-state index contributed by atoms with van der Waals surface area (Å²) in [6, 6.07) is 13.0. The lowest BCUT2D eigenvalue weighted by Crippen LogP contribution is -2.39. The minimum absolute atomic E-state index is 0.0104. The smallest absolute Gasteiger partial charge is 0.286 e. The Morgan fingerprint density at radius 2 is 1.76 bits per heavy atom. The fraction of sp³-hybridized carbons (Fsp3) is 0.333. The molecule has 1 saturated heterocycles. The summed E-state index contributed by atoms with van der Waals surface area (Å²) in [5.74, 6) is -0.414. The molecular weight excluding hydrogens is 452 g/mol. The quantitative estimate of drug-likeness (QED) is 0.539. The number of benzene rings is 1. The second-order valence-electron chi connectivity index (χ2n) is 8.27. The maximum atomic E-state index is 12.8. The molecule has 1 fully saturated rings. The third-order valence-electron chi connectivity index (χ3n) is 5.68. The zero-order valence-electron chi connectivity index (χ0n) is 18.9. The zero-order chi connectivity index (χ0) is 23.9. The first-order chi connectivity index (χ1) is 16.5. The van der Waals surface area contributed by atoms with E-state index in [-0.39, 0.29) is 27.7 Å². The van der Waals surface area contributed by atoms with Gasteiger partial charge in [-0.15, -0.1) is 10.2 Å². The summed E-state index contributed by atoms with van der Waals surface area (Å²) in [6.07, 6.45) is 3.60. The van der Waals surface area contributed by atoms with Crippen molar-refractivity contribution in [3.8, 4) is 0 Å². The average Bonchev–Trinajstić information content (AvgIpc) is 3.35. The Labute approximate surface area is 201 Å². The molecule has 3 amide bonds. The average molecular weight is 479 g/mol. The van der Waals surface area contributed by atoms with E-state index >= 15 is 0 Å². The van der Waals surface area contributed by atoms with E-state index in [1.807, 2.05) is 49.4 Å². The highest BCUT2D eigenvalue weighted by molar-refractivity contribution is 7.15. The van der Waals surface area contributed by atoms with E-state index in [1.54, 1.807) is 11.1 Å². The molecule has 3 heterocycles. The van der Waals surface area contributed by atoms with Gasteiger partial charge in [-0.3, -0.25) is 19.4 Å². The van der Waals surface area contributed by atoms with Gasteiger partial charge in [0.05, 0.1) is 12.2 Å². The molecule has 1 aromatic carbocycles. The number of hydrogen-bond donors (Lipinski definition) is 2. The molecule has 9 nitrogen and oxygen atoms in total. The fourth-order valence-corrected chi connectivity index (χ4v) is 4.43. The molecule has 4 rings (SSSR count). The first-order valence-corrected chi connectivity index (χ1v) is 12.0. The summed E-state index contributed by atoms with van der Waals surface area (Å²) in [5.41, 5.74) is 2.57. The Morgan fingerprint density at radius 1 is 1.03 bits per heavy atom. The van der Waals surface area contributed by atoms with Gasteiger partial charge in [0.2, 0.25) is 15.9 Å². The van der Waals surface area contributed by atoms with Gasteiger partial charge in [0.25, 0.3) is 11.8 Å². The second kappa shape index (κ2) is 11.0. The van der Waals surface area contributed by atoms with Crippen LogP contribution in [0.2, 0.25) is 0 Å². The number of aromatic nitrogens is 3. The van der Waals surface area contributed by atoms with Crippen molar-refractivity contribution in [1.82, 2.24) is 25.4 Å². The third-order valence-corrected chi connectivity index (χ3v) is 6.59. The van der Waals surface area contributed by atoms with Crippen LogP contribution in [0.4, 0.5) is 5.69 Å². The third kappa shape index (κ3) is 6.22. The van der Waals surface area contributed by atoms with E-state index in [0.717, 1.165) is 35.4 Å². The van der Waals surface area contributed by atoms with E-state index in [1.165, 1.54) is 0 Å². The van der Waals surface area contributed by atoms with Crippen molar-refractivity contribution in [3.63, 3.8) is 0 Å². The van der Waals surface area contributed by atoms with Crippen molar-refractivity contribution >= 4 is 34.7 Å². The molecule has 2 N–H and O–H groups in total. The molecule has 3 aromatic rings. The molecule has 0 unspecified atom stereocenters. The summed E-state index contributed by atoms with van der Waals surface area (Å²) in [6.45, 7) is 3.46. The highest BCUT2D eigenvalue weighted by Gasteiger charge is 2.28. The second-order valence-corrected chi connectivity index (χ2v) is 9.25. The number of carbonyl (C=O) groups excluding carboxylic acids is 3. The van der Waals surface area contributed by atoms with Gasteiger partial charge >= 0.3 is 0 Å². The molecule has 0 saturated carbocycles. The number of amides is 3. The van der Waals surface area contributed by atoms with Crippen molar-refractivity contribution in [1.29, 1.82) is 0 Å². The Hall–Kier alpha value is -3.66. The van der Waals surface area contributed by atoms with Crippen molar-refractivity contribution in [2.45, 2.75) is 32.7 Å².